The fourth-order valence-corrected chi connectivity index (χ4v) is 4.57. The molecule has 1 amide bonds. The van der Waals surface area contributed by atoms with Gasteiger partial charge in [0.1, 0.15) is 18.4 Å². The minimum absolute atomic E-state index is 0.0364. The van der Waals surface area contributed by atoms with Crippen LogP contribution in [-0.4, -0.2) is 32.7 Å². The van der Waals surface area contributed by atoms with Crippen LogP contribution in [0.1, 0.15) is 42.5 Å². The van der Waals surface area contributed by atoms with Gasteiger partial charge < -0.3 is 19.7 Å². The van der Waals surface area contributed by atoms with Crippen LogP contribution in [0.4, 0.5) is 4.39 Å². The highest BCUT2D eigenvalue weighted by Crippen LogP contribution is 2.35. The Morgan fingerprint density at radius 3 is 2.47 bits per heavy atom. The van der Waals surface area contributed by atoms with Gasteiger partial charge in [0.2, 0.25) is 5.91 Å². The van der Waals surface area contributed by atoms with Gasteiger partial charge in [0.05, 0.1) is 26.8 Å². The molecule has 1 saturated carbocycles. The smallest absolute Gasteiger partial charge is 0.223 e. The zero-order valence-corrected chi connectivity index (χ0v) is 17.8. The van der Waals surface area contributed by atoms with Crippen molar-refractivity contribution < 1.29 is 23.6 Å². The van der Waals surface area contributed by atoms with Crippen molar-refractivity contribution >= 4 is 5.91 Å². The first kappa shape index (κ1) is 20.7. The Morgan fingerprint density at radius 2 is 1.83 bits per heavy atom. The van der Waals surface area contributed by atoms with E-state index in [1.54, 1.807) is 14.2 Å². The summed E-state index contributed by atoms with van der Waals surface area (Å²) in [6, 6.07) is 10.9. The van der Waals surface area contributed by atoms with Crippen molar-refractivity contribution in [3.8, 4) is 11.5 Å². The molecule has 1 unspecified atom stereocenters. The number of rotatable bonds is 7. The third-order valence-electron chi connectivity index (χ3n) is 6.30. The number of hydrogen-bond donors (Lipinski definition) is 2. The Morgan fingerprint density at radius 1 is 1.17 bits per heavy atom. The predicted molar refractivity (Wildman–Crippen MR) is 112 cm³/mol. The van der Waals surface area contributed by atoms with Crippen LogP contribution in [0.15, 0.2) is 36.4 Å². The van der Waals surface area contributed by atoms with E-state index in [9.17, 15) is 9.18 Å². The summed E-state index contributed by atoms with van der Waals surface area (Å²) in [6.45, 7) is 3.78. The number of halogens is 1. The molecular formula is C24H30FN2O3+. The van der Waals surface area contributed by atoms with Crippen molar-refractivity contribution in [2.75, 3.05) is 20.8 Å². The summed E-state index contributed by atoms with van der Waals surface area (Å²) in [4.78, 5) is 13.8. The molecule has 0 saturated heterocycles. The summed E-state index contributed by atoms with van der Waals surface area (Å²) in [5, 5.41) is 3.25. The number of nitrogens with one attached hydrogen (secondary N) is 2. The number of hydrogen-bond acceptors (Lipinski definition) is 3. The van der Waals surface area contributed by atoms with Gasteiger partial charge in [0.15, 0.2) is 11.5 Å². The first-order chi connectivity index (χ1) is 14.5. The molecule has 6 heteroatoms. The maximum Gasteiger partial charge on any atom is 0.223 e. The molecule has 1 aliphatic carbocycles. The Kier molecular flexibility index (Phi) is 5.95. The quantitative estimate of drug-likeness (QED) is 0.733. The van der Waals surface area contributed by atoms with Crippen LogP contribution in [0, 0.1) is 11.7 Å². The van der Waals surface area contributed by atoms with Crippen molar-refractivity contribution in [3.05, 3.63) is 58.9 Å². The maximum absolute atomic E-state index is 13.4. The average molecular weight is 414 g/mol. The summed E-state index contributed by atoms with van der Waals surface area (Å²) in [7, 11) is 3.29. The van der Waals surface area contributed by atoms with Crippen molar-refractivity contribution in [1.82, 2.24) is 5.32 Å². The number of quaternary nitrogens is 1. The van der Waals surface area contributed by atoms with Crippen molar-refractivity contribution in [1.29, 1.82) is 0 Å². The standard InChI is InChI=1S/C24H29FN2O3/c1-15(26-24(28)17-6-7-17)23-20-13-22(30-3)21(29-2)12-18(20)10-11-27(23)14-16-4-8-19(25)9-5-16/h4-5,8-9,12-13,15,17,23H,6-7,10-11,14H2,1-3H3,(H,26,28)/p+1/t15-,23-/m0/s1. The largest absolute Gasteiger partial charge is 0.493 e. The maximum atomic E-state index is 13.4. The minimum atomic E-state index is -0.226. The van der Waals surface area contributed by atoms with Crippen molar-refractivity contribution in [2.24, 2.45) is 5.92 Å². The van der Waals surface area contributed by atoms with Gasteiger partial charge in [0.25, 0.3) is 0 Å². The van der Waals surface area contributed by atoms with Gasteiger partial charge in [-0.05, 0) is 49.6 Å². The van der Waals surface area contributed by atoms with Crippen molar-refractivity contribution in [2.45, 2.75) is 44.8 Å². The molecule has 0 radical (unpaired) electrons. The Labute approximate surface area is 177 Å². The number of fused-ring (bicyclic) bond motifs is 1. The molecule has 160 valence electrons. The van der Waals surface area contributed by atoms with Crippen molar-refractivity contribution in [3.63, 3.8) is 0 Å². The number of ether oxygens (including phenoxy) is 2. The molecule has 4 rings (SSSR count). The lowest BCUT2D eigenvalue weighted by molar-refractivity contribution is -0.948. The van der Waals surface area contributed by atoms with Crippen LogP contribution >= 0.6 is 0 Å². The summed E-state index contributed by atoms with van der Waals surface area (Å²) in [6.07, 6.45) is 2.87. The van der Waals surface area contributed by atoms with E-state index < -0.39 is 0 Å². The lowest BCUT2D eigenvalue weighted by Crippen LogP contribution is -3.13. The van der Waals surface area contributed by atoms with Gasteiger partial charge in [-0.15, -0.1) is 0 Å². The Hall–Kier alpha value is -2.60. The van der Waals surface area contributed by atoms with E-state index in [-0.39, 0.29) is 29.7 Å². The molecule has 2 aliphatic rings. The number of carbonyl (C=O) groups is 1. The lowest BCUT2D eigenvalue weighted by Gasteiger charge is -2.38. The number of carbonyl (C=O) groups excluding carboxylic acids is 1. The number of amides is 1. The predicted octanol–water partition coefficient (Wildman–Crippen LogP) is 2.44. The average Bonchev–Trinajstić information content (AvgIpc) is 3.59. The monoisotopic (exact) mass is 413 g/mol. The third-order valence-corrected chi connectivity index (χ3v) is 6.30. The molecule has 0 spiro atoms. The highest BCUT2D eigenvalue weighted by Gasteiger charge is 2.39. The second kappa shape index (κ2) is 8.64. The van der Waals surface area contributed by atoms with E-state index in [0.29, 0.717) is 5.75 Å². The van der Waals surface area contributed by atoms with Gasteiger partial charge in [-0.2, -0.15) is 0 Å². The Balaban J connectivity index is 1.67. The molecule has 1 heterocycles. The van der Waals surface area contributed by atoms with E-state index in [4.69, 9.17) is 9.47 Å². The zero-order chi connectivity index (χ0) is 21.3. The molecule has 2 aromatic rings. The number of benzene rings is 2. The molecule has 3 atom stereocenters. The SMILES string of the molecule is COc1cc2c(cc1OC)[C@H]([C@H](C)NC(=O)C1CC1)[NH+](Cc1ccc(F)cc1)CC2. The number of methoxy groups -OCH3 is 2. The fraction of sp³-hybridized carbons (Fsp3) is 0.458. The molecule has 2 aromatic carbocycles. The van der Waals surface area contributed by atoms with E-state index in [2.05, 4.69) is 24.4 Å². The molecule has 1 aliphatic heterocycles. The topological polar surface area (TPSA) is 52.0 Å². The van der Waals surface area contributed by atoms with Gasteiger partial charge in [-0.25, -0.2) is 4.39 Å². The highest BCUT2D eigenvalue weighted by molar-refractivity contribution is 5.81. The van der Waals surface area contributed by atoms with Crippen LogP contribution in [0.25, 0.3) is 0 Å². The van der Waals surface area contributed by atoms with Gasteiger partial charge >= 0.3 is 0 Å². The lowest BCUT2D eigenvalue weighted by atomic mass is 9.87. The third kappa shape index (κ3) is 4.29. The minimum Gasteiger partial charge on any atom is -0.493 e. The van der Waals surface area contributed by atoms with E-state index in [1.807, 2.05) is 12.1 Å². The van der Waals surface area contributed by atoms with Crippen LogP contribution < -0.4 is 19.7 Å². The second-order valence-electron chi connectivity index (χ2n) is 8.42. The fourth-order valence-electron chi connectivity index (χ4n) is 4.57. The van der Waals surface area contributed by atoms with E-state index >= 15 is 0 Å². The molecule has 5 nitrogen and oxygen atoms in total. The van der Waals surface area contributed by atoms with Gasteiger partial charge in [-0.3, -0.25) is 4.79 Å². The molecule has 0 aromatic heterocycles. The van der Waals surface area contributed by atoms with Crippen LogP contribution in [-0.2, 0) is 17.8 Å². The van der Waals surface area contributed by atoms with Crippen LogP contribution in [0.3, 0.4) is 0 Å². The Bertz CT molecular complexity index is 911. The summed E-state index contributed by atoms with van der Waals surface area (Å²) >= 11 is 0. The van der Waals surface area contributed by atoms with Gasteiger partial charge in [-0.1, -0.05) is 12.1 Å². The second-order valence-corrected chi connectivity index (χ2v) is 8.42. The normalized spacial score (nSPS) is 21.5. The molecule has 30 heavy (non-hydrogen) atoms. The first-order valence-electron chi connectivity index (χ1n) is 10.6. The molecule has 0 bridgehead atoms. The highest BCUT2D eigenvalue weighted by atomic mass is 19.1. The summed E-state index contributed by atoms with van der Waals surface area (Å²) in [5.74, 6) is 1.52. The van der Waals surface area contributed by atoms with Crippen LogP contribution in [0.5, 0.6) is 11.5 Å². The summed E-state index contributed by atoms with van der Waals surface area (Å²) < 4.78 is 24.4. The zero-order valence-electron chi connectivity index (χ0n) is 17.8. The molecule has 2 N–H and O–H groups in total. The van der Waals surface area contributed by atoms with E-state index in [1.165, 1.54) is 28.2 Å². The summed E-state index contributed by atoms with van der Waals surface area (Å²) in [5.41, 5.74) is 3.49. The van der Waals surface area contributed by atoms with E-state index in [0.717, 1.165) is 43.7 Å². The molecule has 1 fully saturated rings. The first-order valence-corrected chi connectivity index (χ1v) is 10.6. The van der Waals surface area contributed by atoms with Crippen LogP contribution in [0.2, 0.25) is 0 Å². The van der Waals surface area contributed by atoms with Gasteiger partial charge in [0, 0.05) is 23.5 Å². The molecular weight excluding hydrogens is 383 g/mol.